The van der Waals surface area contributed by atoms with Crippen LogP contribution < -0.4 is 5.32 Å². The van der Waals surface area contributed by atoms with Gasteiger partial charge in [-0.1, -0.05) is 42.5 Å². The van der Waals surface area contributed by atoms with Gasteiger partial charge in [-0.05, 0) is 28.3 Å². The van der Waals surface area contributed by atoms with Crippen molar-refractivity contribution < 1.29 is 4.79 Å². The Hall–Kier alpha value is -2.92. The molecule has 0 saturated heterocycles. The normalized spacial score (nSPS) is 10.8. The molecule has 0 aliphatic carbocycles. The number of aromatic nitrogens is 2. The zero-order valence-corrected chi connectivity index (χ0v) is 13.7. The van der Waals surface area contributed by atoms with Crippen LogP contribution in [0.2, 0.25) is 0 Å². The standard InChI is InChI=1S/C19H15N3OS/c23-19(17-9-3-6-14-5-1-2-8-16(14)17)21-18-10-11-20-22(18)13-15-7-4-12-24-15/h1-12H,13H2,(H,21,23). The quantitative estimate of drug-likeness (QED) is 0.602. The predicted octanol–water partition coefficient (Wildman–Crippen LogP) is 4.40. The van der Waals surface area contributed by atoms with Gasteiger partial charge in [0.1, 0.15) is 5.82 Å². The molecule has 0 fully saturated rings. The number of amides is 1. The average molecular weight is 333 g/mol. The fourth-order valence-corrected chi connectivity index (χ4v) is 3.41. The number of rotatable bonds is 4. The highest BCUT2D eigenvalue weighted by Crippen LogP contribution is 2.20. The lowest BCUT2D eigenvalue weighted by Gasteiger charge is -2.10. The van der Waals surface area contributed by atoms with Gasteiger partial charge in [0.15, 0.2) is 0 Å². The van der Waals surface area contributed by atoms with E-state index in [9.17, 15) is 4.79 Å². The van der Waals surface area contributed by atoms with Gasteiger partial charge in [0.25, 0.3) is 5.91 Å². The molecule has 1 N–H and O–H groups in total. The van der Waals surface area contributed by atoms with Crippen LogP contribution in [0.4, 0.5) is 5.82 Å². The highest BCUT2D eigenvalue weighted by molar-refractivity contribution is 7.09. The molecule has 5 heteroatoms. The lowest BCUT2D eigenvalue weighted by molar-refractivity contribution is 0.102. The van der Waals surface area contributed by atoms with Crippen molar-refractivity contribution in [2.75, 3.05) is 5.32 Å². The van der Waals surface area contributed by atoms with E-state index in [1.807, 2.05) is 60.0 Å². The summed E-state index contributed by atoms with van der Waals surface area (Å²) in [7, 11) is 0. The van der Waals surface area contributed by atoms with Gasteiger partial charge in [0.05, 0.1) is 12.7 Å². The molecule has 2 aromatic carbocycles. The molecule has 118 valence electrons. The largest absolute Gasteiger partial charge is 0.307 e. The maximum absolute atomic E-state index is 12.7. The Kier molecular flexibility index (Phi) is 3.84. The van der Waals surface area contributed by atoms with Crippen molar-refractivity contribution in [1.29, 1.82) is 0 Å². The number of carbonyl (C=O) groups is 1. The molecule has 0 aliphatic heterocycles. The second kappa shape index (κ2) is 6.29. The van der Waals surface area contributed by atoms with Crippen LogP contribution >= 0.6 is 11.3 Å². The number of hydrogen-bond donors (Lipinski definition) is 1. The van der Waals surface area contributed by atoms with Crippen molar-refractivity contribution >= 4 is 33.8 Å². The fourth-order valence-electron chi connectivity index (χ4n) is 2.72. The number of anilines is 1. The Bertz CT molecular complexity index is 983. The maximum atomic E-state index is 12.7. The number of thiophene rings is 1. The summed E-state index contributed by atoms with van der Waals surface area (Å²) in [5, 5.41) is 11.3. The first-order valence-electron chi connectivity index (χ1n) is 7.64. The number of fused-ring (bicyclic) bond motifs is 1. The average Bonchev–Trinajstić information content (AvgIpc) is 3.27. The van der Waals surface area contributed by atoms with Gasteiger partial charge >= 0.3 is 0 Å². The monoisotopic (exact) mass is 333 g/mol. The van der Waals surface area contributed by atoms with Gasteiger partial charge in [-0.25, -0.2) is 4.68 Å². The van der Waals surface area contributed by atoms with Crippen LogP contribution in [-0.4, -0.2) is 15.7 Å². The van der Waals surface area contributed by atoms with Crippen molar-refractivity contribution in [3.05, 3.63) is 82.7 Å². The van der Waals surface area contributed by atoms with E-state index in [4.69, 9.17) is 0 Å². The van der Waals surface area contributed by atoms with E-state index < -0.39 is 0 Å². The summed E-state index contributed by atoms with van der Waals surface area (Å²) in [5.74, 6) is 0.570. The molecule has 0 spiro atoms. The first-order chi connectivity index (χ1) is 11.8. The summed E-state index contributed by atoms with van der Waals surface area (Å²) in [5.41, 5.74) is 0.664. The molecule has 4 nitrogen and oxygen atoms in total. The summed E-state index contributed by atoms with van der Waals surface area (Å²) in [6.07, 6.45) is 1.70. The first-order valence-corrected chi connectivity index (χ1v) is 8.52. The molecule has 0 atom stereocenters. The van der Waals surface area contributed by atoms with Gasteiger partial charge in [-0.15, -0.1) is 11.3 Å². The van der Waals surface area contributed by atoms with E-state index in [1.165, 1.54) is 4.88 Å². The Morgan fingerprint density at radius 2 is 1.92 bits per heavy atom. The number of benzene rings is 2. The van der Waals surface area contributed by atoms with E-state index in [0.717, 1.165) is 10.8 Å². The molecule has 2 aromatic heterocycles. The smallest absolute Gasteiger partial charge is 0.257 e. The molecule has 0 saturated carbocycles. The number of nitrogens with one attached hydrogen (secondary N) is 1. The zero-order valence-electron chi connectivity index (χ0n) is 12.8. The SMILES string of the molecule is O=C(Nc1ccnn1Cc1cccs1)c1cccc2ccccc12. The van der Waals surface area contributed by atoms with Gasteiger partial charge in [-0.3, -0.25) is 4.79 Å². The lowest BCUT2D eigenvalue weighted by atomic mass is 10.0. The molecule has 2 heterocycles. The van der Waals surface area contributed by atoms with Gasteiger partial charge in [-0.2, -0.15) is 5.10 Å². The zero-order chi connectivity index (χ0) is 16.4. The van der Waals surface area contributed by atoms with Crippen molar-refractivity contribution in [3.63, 3.8) is 0 Å². The molecule has 4 aromatic rings. The summed E-state index contributed by atoms with van der Waals surface area (Å²) >= 11 is 1.67. The molecular formula is C19H15N3OS. The van der Waals surface area contributed by atoms with E-state index in [2.05, 4.69) is 16.5 Å². The summed E-state index contributed by atoms with van der Waals surface area (Å²) < 4.78 is 1.80. The third kappa shape index (κ3) is 2.81. The third-order valence-corrected chi connectivity index (χ3v) is 4.74. The molecule has 0 bridgehead atoms. The van der Waals surface area contributed by atoms with E-state index >= 15 is 0 Å². The topological polar surface area (TPSA) is 46.9 Å². The molecule has 0 radical (unpaired) electrons. The van der Waals surface area contributed by atoms with E-state index in [0.29, 0.717) is 17.9 Å². The molecular weight excluding hydrogens is 318 g/mol. The minimum Gasteiger partial charge on any atom is -0.307 e. The minimum absolute atomic E-state index is 0.125. The fraction of sp³-hybridized carbons (Fsp3) is 0.0526. The predicted molar refractivity (Wildman–Crippen MR) is 97.5 cm³/mol. The summed E-state index contributed by atoms with van der Waals surface area (Å²) in [4.78, 5) is 13.9. The van der Waals surface area contributed by atoms with Crippen LogP contribution in [0.15, 0.2) is 72.2 Å². The van der Waals surface area contributed by atoms with Crippen LogP contribution in [0, 0.1) is 0 Å². The van der Waals surface area contributed by atoms with E-state index in [-0.39, 0.29) is 5.91 Å². The van der Waals surface area contributed by atoms with Crippen molar-refractivity contribution in [2.45, 2.75) is 6.54 Å². The maximum Gasteiger partial charge on any atom is 0.257 e. The highest BCUT2D eigenvalue weighted by Gasteiger charge is 2.12. The Balaban J connectivity index is 1.61. The summed E-state index contributed by atoms with van der Waals surface area (Å²) in [6, 6.07) is 19.5. The molecule has 0 unspecified atom stereocenters. The second-order valence-electron chi connectivity index (χ2n) is 5.43. The van der Waals surface area contributed by atoms with Crippen LogP contribution in [0.25, 0.3) is 10.8 Å². The second-order valence-corrected chi connectivity index (χ2v) is 6.47. The molecule has 1 amide bonds. The van der Waals surface area contributed by atoms with Gasteiger partial charge < -0.3 is 5.32 Å². The number of nitrogens with zero attached hydrogens (tertiary/aromatic N) is 2. The van der Waals surface area contributed by atoms with Crippen molar-refractivity contribution in [3.8, 4) is 0 Å². The Morgan fingerprint density at radius 3 is 2.79 bits per heavy atom. The van der Waals surface area contributed by atoms with Gasteiger partial charge in [0, 0.05) is 16.5 Å². The Labute approximate surface area is 143 Å². The number of hydrogen-bond acceptors (Lipinski definition) is 3. The lowest BCUT2D eigenvalue weighted by Crippen LogP contribution is -2.16. The molecule has 4 rings (SSSR count). The van der Waals surface area contributed by atoms with Gasteiger partial charge in [0.2, 0.25) is 0 Å². The van der Waals surface area contributed by atoms with Crippen molar-refractivity contribution in [2.24, 2.45) is 0 Å². The molecule has 24 heavy (non-hydrogen) atoms. The molecule has 0 aliphatic rings. The Morgan fingerprint density at radius 1 is 1.04 bits per heavy atom. The number of carbonyl (C=O) groups excluding carboxylic acids is 1. The van der Waals surface area contributed by atoms with Crippen LogP contribution in [0.3, 0.4) is 0 Å². The van der Waals surface area contributed by atoms with Crippen LogP contribution in [0.1, 0.15) is 15.2 Å². The minimum atomic E-state index is -0.125. The highest BCUT2D eigenvalue weighted by atomic mass is 32.1. The van der Waals surface area contributed by atoms with Crippen LogP contribution in [-0.2, 0) is 6.54 Å². The van der Waals surface area contributed by atoms with Crippen molar-refractivity contribution in [1.82, 2.24) is 9.78 Å². The third-order valence-electron chi connectivity index (χ3n) is 3.88. The van der Waals surface area contributed by atoms with Crippen LogP contribution in [0.5, 0.6) is 0 Å². The first kappa shape index (κ1) is 14.7. The van der Waals surface area contributed by atoms with E-state index in [1.54, 1.807) is 22.2 Å². The summed E-state index contributed by atoms with van der Waals surface area (Å²) in [6.45, 7) is 0.649.